The number of aromatic nitrogens is 4. The molecule has 2 rings (SSSR count). The molecule has 0 aliphatic heterocycles. The zero-order valence-electron chi connectivity index (χ0n) is 8.09. The lowest BCUT2D eigenvalue weighted by Crippen LogP contribution is -2.03. The first kappa shape index (κ1) is 11.2. The van der Waals surface area contributed by atoms with Gasteiger partial charge in [0, 0.05) is 0 Å². The molecule has 0 spiro atoms. The average molecular weight is 244 g/mol. The third-order valence-corrected chi connectivity index (χ3v) is 2.29. The molecule has 0 unspecified atom stereocenters. The third-order valence-electron chi connectivity index (χ3n) is 1.77. The number of rotatable bonds is 4. The molecule has 0 bridgehead atoms. The second kappa shape index (κ2) is 4.26. The number of fused-ring (bicyclic) bond motifs is 1. The van der Waals surface area contributed by atoms with Gasteiger partial charge in [-0.15, -0.1) is 0 Å². The molecule has 0 saturated heterocycles. The van der Waals surface area contributed by atoms with Crippen LogP contribution < -0.4 is 0 Å². The molecule has 2 N–H and O–H groups in total. The lowest BCUT2D eigenvalue weighted by molar-refractivity contribution is 0.102. The number of imidazole rings is 1. The first-order chi connectivity index (χ1) is 7.56. The largest absolute Gasteiger partial charge is 0.351 e. The minimum absolute atomic E-state index is 0.0153. The Balaban J connectivity index is 2.08. The highest BCUT2D eigenvalue weighted by Gasteiger charge is 2.13. The van der Waals surface area contributed by atoms with E-state index >= 15 is 0 Å². The van der Waals surface area contributed by atoms with Crippen LogP contribution in [0.2, 0.25) is 0 Å². The van der Waals surface area contributed by atoms with E-state index in [9.17, 15) is 4.57 Å². The average Bonchev–Trinajstić information content (AvgIpc) is 2.60. The van der Waals surface area contributed by atoms with Crippen molar-refractivity contribution in [2.75, 3.05) is 6.35 Å². The predicted molar refractivity (Wildman–Crippen MR) is 53.3 cm³/mol. The van der Waals surface area contributed by atoms with Gasteiger partial charge in [0.15, 0.2) is 12.0 Å². The van der Waals surface area contributed by atoms with Crippen LogP contribution in [0.4, 0.5) is 0 Å². The van der Waals surface area contributed by atoms with Gasteiger partial charge < -0.3 is 14.5 Å². The first-order valence-electron chi connectivity index (χ1n) is 4.29. The first-order valence-corrected chi connectivity index (χ1v) is 6.09. The maximum atomic E-state index is 10.5. The Morgan fingerprint density at radius 1 is 1.44 bits per heavy atom. The van der Waals surface area contributed by atoms with Gasteiger partial charge in [0.1, 0.15) is 18.6 Å². The maximum absolute atomic E-state index is 10.5. The van der Waals surface area contributed by atoms with E-state index in [0.717, 1.165) is 0 Å². The smallest absolute Gasteiger partial charge is 0.348 e. The fourth-order valence-electron chi connectivity index (χ4n) is 1.17. The van der Waals surface area contributed by atoms with Crippen LogP contribution in [-0.4, -0.2) is 35.7 Å². The summed E-state index contributed by atoms with van der Waals surface area (Å²) in [6.07, 6.45) is 3.75. The summed E-state index contributed by atoms with van der Waals surface area (Å²) in [7, 11) is -4.13. The quantitative estimate of drug-likeness (QED) is 0.724. The van der Waals surface area contributed by atoms with E-state index in [-0.39, 0.29) is 6.73 Å². The maximum Gasteiger partial charge on any atom is 0.351 e. The summed E-state index contributed by atoms with van der Waals surface area (Å²) in [6.45, 7) is -0.0153. The number of ether oxygens (including phenoxy) is 1. The Labute approximate surface area is 90.1 Å². The van der Waals surface area contributed by atoms with Crippen LogP contribution in [0.1, 0.15) is 0 Å². The van der Waals surface area contributed by atoms with E-state index in [4.69, 9.17) is 14.5 Å². The molecule has 0 radical (unpaired) electrons. The molecular formula is C7H9N4O4P. The van der Waals surface area contributed by atoms with Crippen LogP contribution in [0.15, 0.2) is 18.9 Å². The summed E-state index contributed by atoms with van der Waals surface area (Å²) >= 11 is 0. The molecule has 0 aliphatic carbocycles. The normalized spacial score (nSPS) is 12.1. The summed E-state index contributed by atoms with van der Waals surface area (Å²) < 4.78 is 16.9. The van der Waals surface area contributed by atoms with Crippen LogP contribution in [0.3, 0.4) is 0 Å². The highest BCUT2D eigenvalue weighted by atomic mass is 31.2. The van der Waals surface area contributed by atoms with Gasteiger partial charge in [0.2, 0.25) is 0 Å². The SMILES string of the molecule is O=P(O)(O)COCn1cnc2cncnc21. The van der Waals surface area contributed by atoms with Crippen LogP contribution in [0.25, 0.3) is 11.2 Å². The van der Waals surface area contributed by atoms with Crippen LogP contribution in [0, 0.1) is 0 Å². The molecule has 0 aliphatic rings. The van der Waals surface area contributed by atoms with Crippen molar-refractivity contribution in [2.24, 2.45) is 0 Å². The summed E-state index contributed by atoms with van der Waals surface area (Å²) in [4.78, 5) is 29.0. The molecule has 2 aromatic rings. The van der Waals surface area contributed by atoms with E-state index in [2.05, 4.69) is 15.0 Å². The molecule has 0 saturated carbocycles. The molecule has 0 aromatic carbocycles. The second-order valence-corrected chi connectivity index (χ2v) is 4.66. The van der Waals surface area contributed by atoms with Crippen molar-refractivity contribution in [3.8, 4) is 0 Å². The Bertz CT molecular complexity index is 536. The minimum atomic E-state index is -4.13. The van der Waals surface area contributed by atoms with Crippen LogP contribution in [0.5, 0.6) is 0 Å². The van der Waals surface area contributed by atoms with Gasteiger partial charge in [-0.3, -0.25) is 9.13 Å². The Hall–Kier alpha value is -1.34. The van der Waals surface area contributed by atoms with Gasteiger partial charge in [-0.05, 0) is 0 Å². The molecule has 8 nitrogen and oxygen atoms in total. The summed E-state index contributed by atoms with van der Waals surface area (Å²) in [5, 5.41) is 0. The lowest BCUT2D eigenvalue weighted by Gasteiger charge is -2.06. The van der Waals surface area contributed by atoms with E-state index in [1.54, 1.807) is 6.20 Å². The zero-order chi connectivity index (χ0) is 11.6. The predicted octanol–water partition coefficient (Wildman–Crippen LogP) is -0.0644. The molecular weight excluding hydrogens is 235 g/mol. The highest BCUT2D eigenvalue weighted by molar-refractivity contribution is 7.51. The van der Waals surface area contributed by atoms with Crippen molar-refractivity contribution in [3.63, 3.8) is 0 Å². The van der Waals surface area contributed by atoms with Gasteiger partial charge in [0.25, 0.3) is 0 Å². The highest BCUT2D eigenvalue weighted by Crippen LogP contribution is 2.33. The Kier molecular flexibility index (Phi) is 2.97. The van der Waals surface area contributed by atoms with Gasteiger partial charge >= 0.3 is 7.60 Å². The summed E-state index contributed by atoms with van der Waals surface area (Å²) in [6, 6.07) is 0. The molecule has 9 heteroatoms. The van der Waals surface area contributed by atoms with Gasteiger partial charge in [-0.1, -0.05) is 0 Å². The molecule has 0 atom stereocenters. The molecule has 2 heterocycles. The van der Waals surface area contributed by atoms with Crippen LogP contribution in [-0.2, 0) is 16.0 Å². The fourth-order valence-corrected chi connectivity index (χ4v) is 1.49. The molecule has 16 heavy (non-hydrogen) atoms. The lowest BCUT2D eigenvalue weighted by atomic mass is 10.6. The monoisotopic (exact) mass is 244 g/mol. The molecule has 2 aromatic heterocycles. The number of nitrogens with zero attached hydrogens (tertiary/aromatic N) is 4. The Morgan fingerprint density at radius 3 is 3.00 bits per heavy atom. The standard InChI is InChI=1S/C7H9N4O4P/c12-16(13,14)5-15-4-11-3-10-6-1-8-2-9-7(6)11/h1-3H,4-5H2,(H2,12,13,14). The van der Waals surface area contributed by atoms with Crippen molar-refractivity contribution < 1.29 is 19.1 Å². The number of hydrogen-bond donors (Lipinski definition) is 2. The Morgan fingerprint density at radius 2 is 2.25 bits per heavy atom. The molecule has 0 amide bonds. The van der Waals surface area contributed by atoms with Crippen molar-refractivity contribution in [1.29, 1.82) is 0 Å². The van der Waals surface area contributed by atoms with E-state index < -0.39 is 13.9 Å². The van der Waals surface area contributed by atoms with Gasteiger partial charge in [-0.2, -0.15) is 0 Å². The van der Waals surface area contributed by atoms with Crippen molar-refractivity contribution >= 4 is 18.8 Å². The van der Waals surface area contributed by atoms with Gasteiger partial charge in [0.05, 0.1) is 12.5 Å². The van der Waals surface area contributed by atoms with E-state index in [0.29, 0.717) is 11.2 Å². The molecule has 0 fully saturated rings. The minimum Gasteiger partial charge on any atom is -0.348 e. The summed E-state index contributed by atoms with van der Waals surface area (Å²) in [5.41, 5.74) is 1.16. The molecule has 86 valence electrons. The zero-order valence-corrected chi connectivity index (χ0v) is 8.99. The van der Waals surface area contributed by atoms with Crippen molar-refractivity contribution in [1.82, 2.24) is 19.5 Å². The van der Waals surface area contributed by atoms with E-state index in [1.165, 1.54) is 17.2 Å². The number of hydrogen-bond acceptors (Lipinski definition) is 5. The van der Waals surface area contributed by atoms with Crippen molar-refractivity contribution in [3.05, 3.63) is 18.9 Å². The second-order valence-electron chi connectivity index (χ2n) is 3.07. The fraction of sp³-hybridized carbons (Fsp3) is 0.286. The van der Waals surface area contributed by atoms with Gasteiger partial charge in [-0.25, -0.2) is 15.0 Å². The third kappa shape index (κ3) is 2.61. The summed E-state index contributed by atoms with van der Waals surface area (Å²) in [5.74, 6) is 0. The van der Waals surface area contributed by atoms with Crippen LogP contribution >= 0.6 is 7.60 Å². The van der Waals surface area contributed by atoms with Crippen molar-refractivity contribution in [2.45, 2.75) is 6.73 Å². The van der Waals surface area contributed by atoms with E-state index in [1.807, 2.05) is 0 Å². The topological polar surface area (TPSA) is 110 Å².